The molecule has 4 heteroatoms. The number of hydrogen-bond donors (Lipinski definition) is 1. The largest absolute Gasteiger partial charge is 0.507 e. The minimum atomic E-state index is -0.633. The van der Waals surface area contributed by atoms with Crippen LogP contribution in [0.2, 0.25) is 5.02 Å². The van der Waals surface area contributed by atoms with Gasteiger partial charge in [0.1, 0.15) is 11.3 Å². The molecule has 0 heterocycles. The molecule has 0 radical (unpaired) electrons. The zero-order chi connectivity index (χ0) is 13.3. The molecule has 0 aliphatic heterocycles. The summed E-state index contributed by atoms with van der Waals surface area (Å²) < 4.78 is 0. The van der Waals surface area contributed by atoms with Gasteiger partial charge in [0, 0.05) is 10.6 Å². The highest BCUT2D eigenvalue weighted by Crippen LogP contribution is 2.48. The lowest BCUT2D eigenvalue weighted by molar-refractivity contribution is 0.404. The molecule has 0 spiro atoms. The molecule has 0 bridgehead atoms. The van der Waals surface area contributed by atoms with Crippen LogP contribution >= 0.6 is 11.6 Å². The molecule has 1 aromatic rings. The fourth-order valence-electron chi connectivity index (χ4n) is 2.90. The second-order valence-electron chi connectivity index (χ2n) is 4.97. The van der Waals surface area contributed by atoms with Crippen molar-refractivity contribution in [3.8, 4) is 5.75 Å². The zero-order valence-electron chi connectivity index (χ0n) is 10.6. The third-order valence-corrected chi connectivity index (χ3v) is 4.24. The number of phenols is 1. The van der Waals surface area contributed by atoms with E-state index >= 15 is 0 Å². The first-order valence-corrected chi connectivity index (χ1v) is 6.48. The molecule has 96 valence electrons. The predicted molar refractivity (Wildman–Crippen MR) is 70.9 cm³/mol. The van der Waals surface area contributed by atoms with E-state index in [2.05, 4.69) is 4.99 Å². The minimum Gasteiger partial charge on any atom is -0.507 e. The summed E-state index contributed by atoms with van der Waals surface area (Å²) in [5.41, 5.74) is 1.59. The molecule has 2 rings (SSSR count). The lowest BCUT2D eigenvalue weighted by Gasteiger charge is -2.27. The molecule has 0 unspecified atom stereocenters. The van der Waals surface area contributed by atoms with Gasteiger partial charge in [0.25, 0.3) is 0 Å². The molecule has 0 saturated heterocycles. The maximum Gasteiger partial charge on any atom is 0.235 e. The number of nitrogens with zero attached hydrogens (tertiary/aromatic N) is 1. The highest BCUT2D eigenvalue weighted by Gasteiger charge is 2.39. The topological polar surface area (TPSA) is 49.7 Å². The van der Waals surface area contributed by atoms with Crippen molar-refractivity contribution >= 4 is 17.7 Å². The Balaban J connectivity index is 2.72. The molecule has 1 aromatic carbocycles. The van der Waals surface area contributed by atoms with E-state index in [-0.39, 0.29) is 5.75 Å². The maximum absolute atomic E-state index is 10.7. The van der Waals surface area contributed by atoms with E-state index in [1.54, 1.807) is 19.1 Å². The molecule has 3 nitrogen and oxygen atoms in total. The van der Waals surface area contributed by atoms with E-state index in [0.717, 1.165) is 31.2 Å². The number of phenolic OH excluding ortho intramolecular Hbond substituents is 1. The Morgan fingerprint density at radius 3 is 2.56 bits per heavy atom. The van der Waals surface area contributed by atoms with E-state index in [1.807, 2.05) is 6.92 Å². The number of isocyanates is 1. The van der Waals surface area contributed by atoms with Crippen LogP contribution in [0, 0.1) is 13.8 Å². The van der Waals surface area contributed by atoms with E-state index in [9.17, 15) is 9.90 Å². The van der Waals surface area contributed by atoms with E-state index in [1.165, 1.54) is 0 Å². The summed E-state index contributed by atoms with van der Waals surface area (Å²) in [6.45, 7) is 3.66. The fourth-order valence-corrected chi connectivity index (χ4v) is 3.15. The van der Waals surface area contributed by atoms with E-state index < -0.39 is 5.54 Å². The Morgan fingerprint density at radius 1 is 1.39 bits per heavy atom. The summed E-state index contributed by atoms with van der Waals surface area (Å²) >= 11 is 6.18. The van der Waals surface area contributed by atoms with Gasteiger partial charge < -0.3 is 5.11 Å². The SMILES string of the molecule is Cc1cc(Cl)c(C)c(C2(N=C=O)CCCC2)c1O. The lowest BCUT2D eigenvalue weighted by atomic mass is 9.84. The van der Waals surface area contributed by atoms with Gasteiger partial charge in [0.15, 0.2) is 0 Å². The first-order valence-electron chi connectivity index (χ1n) is 6.10. The van der Waals surface area contributed by atoms with E-state index in [0.29, 0.717) is 16.1 Å². The van der Waals surface area contributed by atoms with Crippen LogP contribution in [0.5, 0.6) is 5.75 Å². The number of aliphatic imine (C=N–C) groups is 1. The lowest BCUT2D eigenvalue weighted by Crippen LogP contribution is -2.21. The monoisotopic (exact) mass is 265 g/mol. The predicted octanol–water partition coefficient (Wildman–Crippen LogP) is 3.77. The molecule has 1 aliphatic carbocycles. The number of rotatable bonds is 2. The quantitative estimate of drug-likeness (QED) is 0.654. The summed E-state index contributed by atoms with van der Waals surface area (Å²) in [7, 11) is 0. The second-order valence-corrected chi connectivity index (χ2v) is 5.37. The zero-order valence-corrected chi connectivity index (χ0v) is 11.3. The highest BCUT2D eigenvalue weighted by molar-refractivity contribution is 6.31. The van der Waals surface area contributed by atoms with Gasteiger partial charge >= 0.3 is 0 Å². The van der Waals surface area contributed by atoms with Gasteiger partial charge in [-0.3, -0.25) is 0 Å². The van der Waals surface area contributed by atoms with Crippen molar-refractivity contribution in [1.29, 1.82) is 0 Å². The van der Waals surface area contributed by atoms with Crippen LogP contribution in [0.3, 0.4) is 0 Å². The van der Waals surface area contributed by atoms with Crippen molar-refractivity contribution in [2.75, 3.05) is 0 Å². The standard InChI is InChI=1S/C14H16ClNO2/c1-9-7-11(15)10(2)12(13(9)18)14(16-8-17)5-3-4-6-14/h7,18H,3-6H2,1-2H3. The molecule has 1 fully saturated rings. The van der Waals surface area contributed by atoms with Gasteiger partial charge in [-0.15, -0.1) is 0 Å². The molecule has 1 aliphatic rings. The summed E-state index contributed by atoms with van der Waals surface area (Å²) in [5, 5.41) is 10.9. The van der Waals surface area contributed by atoms with Crippen LogP contribution in [-0.4, -0.2) is 11.2 Å². The normalized spacial score (nSPS) is 17.5. The molecule has 1 N–H and O–H groups in total. The van der Waals surface area contributed by atoms with Crippen LogP contribution in [0.15, 0.2) is 11.1 Å². The van der Waals surface area contributed by atoms with Crippen LogP contribution in [0.1, 0.15) is 42.4 Å². The number of benzene rings is 1. The third kappa shape index (κ3) is 1.94. The van der Waals surface area contributed by atoms with Crippen molar-refractivity contribution in [2.24, 2.45) is 4.99 Å². The van der Waals surface area contributed by atoms with Gasteiger partial charge in [-0.25, -0.2) is 4.79 Å². The average molecular weight is 266 g/mol. The summed E-state index contributed by atoms with van der Waals surface area (Å²) in [5.74, 6) is 0.206. The van der Waals surface area contributed by atoms with Crippen molar-refractivity contribution < 1.29 is 9.90 Å². The van der Waals surface area contributed by atoms with Crippen molar-refractivity contribution in [3.05, 3.63) is 27.8 Å². The van der Waals surface area contributed by atoms with Gasteiger partial charge in [-0.2, -0.15) is 4.99 Å². The van der Waals surface area contributed by atoms with Gasteiger partial charge in [-0.05, 0) is 43.9 Å². The molecule has 1 saturated carbocycles. The van der Waals surface area contributed by atoms with Crippen LogP contribution < -0.4 is 0 Å². The average Bonchev–Trinajstić information content (AvgIpc) is 2.77. The van der Waals surface area contributed by atoms with Crippen molar-refractivity contribution in [1.82, 2.24) is 0 Å². The Labute approximate surface area is 111 Å². The Morgan fingerprint density at radius 2 is 2.00 bits per heavy atom. The number of halogens is 1. The molecular weight excluding hydrogens is 250 g/mol. The molecule has 18 heavy (non-hydrogen) atoms. The number of carbonyl (C=O) groups excluding carboxylic acids is 1. The first kappa shape index (κ1) is 13.1. The number of hydrogen-bond acceptors (Lipinski definition) is 3. The van der Waals surface area contributed by atoms with Gasteiger partial charge in [0.05, 0.1) is 0 Å². The molecule has 0 amide bonds. The second kappa shape index (κ2) is 4.75. The first-order chi connectivity index (χ1) is 8.52. The Hall–Kier alpha value is -1.31. The van der Waals surface area contributed by atoms with Gasteiger partial charge in [0.2, 0.25) is 6.08 Å². The van der Waals surface area contributed by atoms with Crippen LogP contribution in [0.4, 0.5) is 0 Å². The number of aryl methyl sites for hydroxylation is 1. The van der Waals surface area contributed by atoms with E-state index in [4.69, 9.17) is 11.6 Å². The molecule has 0 aromatic heterocycles. The number of aromatic hydroxyl groups is 1. The minimum absolute atomic E-state index is 0.206. The fraction of sp³-hybridized carbons (Fsp3) is 0.500. The van der Waals surface area contributed by atoms with Crippen molar-refractivity contribution in [3.63, 3.8) is 0 Å². The van der Waals surface area contributed by atoms with Crippen LogP contribution in [0.25, 0.3) is 0 Å². The van der Waals surface area contributed by atoms with Crippen LogP contribution in [-0.2, 0) is 10.3 Å². The summed E-state index contributed by atoms with van der Waals surface area (Å²) in [4.78, 5) is 14.7. The Kier molecular flexibility index (Phi) is 3.47. The maximum atomic E-state index is 10.7. The molecule has 0 atom stereocenters. The third-order valence-electron chi connectivity index (χ3n) is 3.84. The highest BCUT2D eigenvalue weighted by atomic mass is 35.5. The summed E-state index contributed by atoms with van der Waals surface area (Å²) in [6.07, 6.45) is 5.18. The summed E-state index contributed by atoms with van der Waals surface area (Å²) in [6, 6.07) is 1.74. The Bertz CT molecular complexity index is 501. The van der Waals surface area contributed by atoms with Gasteiger partial charge in [-0.1, -0.05) is 24.4 Å². The smallest absolute Gasteiger partial charge is 0.235 e. The molecular formula is C14H16ClNO2. The van der Waals surface area contributed by atoms with Crippen molar-refractivity contribution in [2.45, 2.75) is 45.1 Å².